The number of aliphatic hydroxyl groups excluding tert-OH is 1. The zero-order chi connectivity index (χ0) is 19.1. The van der Waals surface area contributed by atoms with Crippen molar-refractivity contribution in [3.8, 4) is 17.0 Å². The zero-order valence-corrected chi connectivity index (χ0v) is 15.6. The largest absolute Gasteiger partial charge is 0.495 e. The lowest BCUT2D eigenvalue weighted by Crippen LogP contribution is -2.05. The molecule has 8 heteroatoms. The minimum Gasteiger partial charge on any atom is -0.495 e. The lowest BCUT2D eigenvalue weighted by atomic mass is 10.2. The van der Waals surface area contributed by atoms with Crippen LogP contribution in [0.25, 0.3) is 11.3 Å². The third-order valence-electron chi connectivity index (χ3n) is 3.76. The Hall–Kier alpha value is -2.90. The number of anilines is 3. The lowest BCUT2D eigenvalue weighted by molar-refractivity contribution is 0.292. The molecule has 0 atom stereocenters. The average Bonchev–Trinajstić information content (AvgIpc) is 2.69. The number of halogens is 1. The highest BCUT2D eigenvalue weighted by molar-refractivity contribution is 6.31. The fourth-order valence-corrected chi connectivity index (χ4v) is 2.63. The van der Waals surface area contributed by atoms with E-state index in [2.05, 4.69) is 25.6 Å². The Morgan fingerprint density at radius 2 is 1.96 bits per heavy atom. The molecule has 0 bridgehead atoms. The number of hydrogen-bond donors (Lipinski definition) is 3. The molecular formula is C19H20ClN5O2. The molecule has 3 rings (SSSR count). The number of benzene rings is 1. The van der Waals surface area contributed by atoms with E-state index in [-0.39, 0.29) is 6.61 Å². The van der Waals surface area contributed by atoms with Gasteiger partial charge in [0.25, 0.3) is 0 Å². The van der Waals surface area contributed by atoms with Crippen molar-refractivity contribution in [2.75, 3.05) is 30.9 Å². The maximum Gasteiger partial charge on any atom is 0.227 e. The maximum absolute atomic E-state index is 8.88. The SMILES string of the molecule is COc1ccc(Cl)cc1Nc1nccc(-c2ccnc(NCCCO)c2)n1. The fourth-order valence-electron chi connectivity index (χ4n) is 2.46. The van der Waals surface area contributed by atoms with Gasteiger partial charge in [0.05, 0.1) is 18.5 Å². The van der Waals surface area contributed by atoms with Gasteiger partial charge in [-0.2, -0.15) is 0 Å². The summed E-state index contributed by atoms with van der Waals surface area (Å²) in [4.78, 5) is 13.1. The van der Waals surface area contributed by atoms with Crippen molar-refractivity contribution in [2.45, 2.75) is 6.42 Å². The van der Waals surface area contributed by atoms with Gasteiger partial charge in [-0.25, -0.2) is 15.0 Å². The number of nitrogens with one attached hydrogen (secondary N) is 2. The highest BCUT2D eigenvalue weighted by Gasteiger charge is 2.08. The first-order valence-corrected chi connectivity index (χ1v) is 8.82. The molecule has 0 aliphatic carbocycles. The van der Waals surface area contributed by atoms with E-state index < -0.39 is 0 Å². The fraction of sp³-hybridized carbons (Fsp3) is 0.211. The smallest absolute Gasteiger partial charge is 0.227 e. The number of pyridine rings is 1. The molecule has 0 spiro atoms. The van der Waals surface area contributed by atoms with Crippen LogP contribution in [-0.4, -0.2) is 40.3 Å². The number of nitrogens with zero attached hydrogens (tertiary/aromatic N) is 3. The van der Waals surface area contributed by atoms with Gasteiger partial charge in [-0.3, -0.25) is 0 Å². The van der Waals surface area contributed by atoms with Crippen molar-refractivity contribution in [1.29, 1.82) is 0 Å². The van der Waals surface area contributed by atoms with Gasteiger partial charge >= 0.3 is 0 Å². The number of hydrogen-bond acceptors (Lipinski definition) is 7. The molecule has 1 aromatic carbocycles. The quantitative estimate of drug-likeness (QED) is 0.508. The summed E-state index contributed by atoms with van der Waals surface area (Å²) < 4.78 is 5.34. The summed E-state index contributed by atoms with van der Waals surface area (Å²) in [6, 6.07) is 10.9. The van der Waals surface area contributed by atoms with Gasteiger partial charge in [0.15, 0.2) is 0 Å². The standard InChI is InChI=1S/C19H20ClN5O2/c1-27-17-4-3-14(20)12-16(17)25-19-23-9-6-15(24-19)13-5-8-22-18(11-13)21-7-2-10-26/h3-6,8-9,11-12,26H,2,7,10H2,1H3,(H,21,22)(H,23,24,25). The van der Waals surface area contributed by atoms with Crippen LogP contribution >= 0.6 is 11.6 Å². The summed E-state index contributed by atoms with van der Waals surface area (Å²) in [5.41, 5.74) is 2.34. The van der Waals surface area contributed by atoms with Crippen LogP contribution in [0.15, 0.2) is 48.8 Å². The molecule has 0 amide bonds. The Balaban J connectivity index is 1.82. The van der Waals surface area contributed by atoms with Crippen LogP contribution in [0.3, 0.4) is 0 Å². The highest BCUT2D eigenvalue weighted by atomic mass is 35.5. The Morgan fingerprint density at radius 3 is 2.78 bits per heavy atom. The Morgan fingerprint density at radius 1 is 1.11 bits per heavy atom. The van der Waals surface area contributed by atoms with E-state index in [4.69, 9.17) is 21.4 Å². The van der Waals surface area contributed by atoms with Crippen LogP contribution in [-0.2, 0) is 0 Å². The van der Waals surface area contributed by atoms with E-state index in [0.29, 0.717) is 35.4 Å². The molecule has 0 radical (unpaired) electrons. The summed E-state index contributed by atoms with van der Waals surface area (Å²) in [5, 5.41) is 15.8. The van der Waals surface area contributed by atoms with Gasteiger partial charge < -0.3 is 20.5 Å². The van der Waals surface area contributed by atoms with E-state index in [0.717, 1.165) is 17.1 Å². The number of methoxy groups -OCH3 is 1. The minimum atomic E-state index is 0.139. The van der Waals surface area contributed by atoms with Crippen LogP contribution < -0.4 is 15.4 Å². The average molecular weight is 386 g/mol. The second-order valence-corrected chi connectivity index (χ2v) is 6.11. The molecule has 2 heterocycles. The van der Waals surface area contributed by atoms with E-state index in [1.165, 1.54) is 0 Å². The van der Waals surface area contributed by atoms with E-state index in [1.54, 1.807) is 37.7 Å². The van der Waals surface area contributed by atoms with Crippen molar-refractivity contribution < 1.29 is 9.84 Å². The van der Waals surface area contributed by atoms with E-state index >= 15 is 0 Å². The van der Waals surface area contributed by atoms with Crippen molar-refractivity contribution in [3.63, 3.8) is 0 Å². The van der Waals surface area contributed by atoms with Crippen molar-refractivity contribution in [1.82, 2.24) is 15.0 Å². The summed E-state index contributed by atoms with van der Waals surface area (Å²) in [7, 11) is 1.59. The van der Waals surface area contributed by atoms with Crippen LogP contribution in [0.1, 0.15) is 6.42 Å². The first-order chi connectivity index (χ1) is 13.2. The topological polar surface area (TPSA) is 92.2 Å². The Kier molecular flexibility index (Phi) is 6.40. The molecule has 0 fully saturated rings. The molecular weight excluding hydrogens is 366 g/mol. The Labute approximate surface area is 162 Å². The molecule has 2 aromatic heterocycles. The second kappa shape index (κ2) is 9.16. The summed E-state index contributed by atoms with van der Waals surface area (Å²) in [6.45, 7) is 0.790. The first kappa shape index (κ1) is 18.9. The number of rotatable bonds is 8. The first-order valence-electron chi connectivity index (χ1n) is 8.44. The maximum atomic E-state index is 8.88. The van der Waals surface area contributed by atoms with Gasteiger partial charge in [-0.1, -0.05) is 11.6 Å². The molecule has 27 heavy (non-hydrogen) atoms. The monoisotopic (exact) mass is 385 g/mol. The lowest BCUT2D eigenvalue weighted by Gasteiger charge is -2.11. The third kappa shape index (κ3) is 5.06. The summed E-state index contributed by atoms with van der Waals surface area (Å²) >= 11 is 6.07. The van der Waals surface area contributed by atoms with E-state index in [9.17, 15) is 0 Å². The predicted octanol–water partition coefficient (Wildman–Crippen LogP) is 3.74. The molecule has 0 unspecified atom stereocenters. The van der Waals surface area contributed by atoms with Gasteiger partial charge in [0.1, 0.15) is 11.6 Å². The normalized spacial score (nSPS) is 10.5. The second-order valence-electron chi connectivity index (χ2n) is 5.67. The van der Waals surface area contributed by atoms with Crippen molar-refractivity contribution in [3.05, 3.63) is 53.8 Å². The highest BCUT2D eigenvalue weighted by Crippen LogP contribution is 2.30. The minimum absolute atomic E-state index is 0.139. The summed E-state index contributed by atoms with van der Waals surface area (Å²) in [6.07, 6.45) is 4.06. The molecule has 140 valence electrons. The van der Waals surface area contributed by atoms with Gasteiger partial charge in [-0.05, 0) is 42.8 Å². The molecule has 0 aliphatic heterocycles. The van der Waals surface area contributed by atoms with Crippen LogP contribution in [0, 0.1) is 0 Å². The predicted molar refractivity (Wildman–Crippen MR) is 107 cm³/mol. The summed E-state index contributed by atoms with van der Waals surface area (Å²) in [5.74, 6) is 1.80. The van der Waals surface area contributed by atoms with Crippen LogP contribution in [0.2, 0.25) is 5.02 Å². The molecule has 0 aliphatic rings. The number of aliphatic hydroxyl groups is 1. The van der Waals surface area contributed by atoms with Gasteiger partial charge in [0.2, 0.25) is 5.95 Å². The molecule has 0 saturated heterocycles. The van der Waals surface area contributed by atoms with E-state index in [1.807, 2.05) is 18.2 Å². The Bertz CT molecular complexity index is 907. The van der Waals surface area contributed by atoms with Crippen LogP contribution in [0.4, 0.5) is 17.5 Å². The van der Waals surface area contributed by atoms with Gasteiger partial charge in [-0.15, -0.1) is 0 Å². The van der Waals surface area contributed by atoms with Crippen molar-refractivity contribution >= 4 is 29.1 Å². The third-order valence-corrected chi connectivity index (χ3v) is 4.00. The molecule has 0 saturated carbocycles. The van der Waals surface area contributed by atoms with Crippen molar-refractivity contribution in [2.24, 2.45) is 0 Å². The molecule has 3 aromatic rings. The number of ether oxygens (including phenoxy) is 1. The van der Waals surface area contributed by atoms with Crippen LogP contribution in [0.5, 0.6) is 5.75 Å². The molecule has 7 nitrogen and oxygen atoms in total. The van der Waals surface area contributed by atoms with Gasteiger partial charge in [0, 0.05) is 36.1 Å². The molecule has 3 N–H and O–H groups in total. The zero-order valence-electron chi connectivity index (χ0n) is 14.8. The number of aromatic nitrogens is 3.